The fourth-order valence-electron chi connectivity index (χ4n) is 2.30. The molecule has 6 nitrogen and oxygen atoms in total. The minimum Gasteiger partial charge on any atom is -0.331 e. The van der Waals surface area contributed by atoms with E-state index in [1.807, 2.05) is 19.2 Å². The molecular formula is C16H12FN5OS2. The molecule has 0 saturated carbocycles. The highest BCUT2D eigenvalue weighted by molar-refractivity contribution is 7.15. The van der Waals surface area contributed by atoms with Gasteiger partial charge in [-0.2, -0.15) is 4.98 Å². The SMILES string of the molecule is Cc1csc(-c2nc(-c3cc(-c4cnc(C)s4)c(F)c(C)n3)no2)n1. The van der Waals surface area contributed by atoms with Crippen LogP contribution in [0.25, 0.3) is 32.9 Å². The van der Waals surface area contributed by atoms with Crippen LogP contribution in [-0.2, 0) is 0 Å². The quantitative estimate of drug-likeness (QED) is 0.528. The first-order valence-electron chi connectivity index (χ1n) is 7.38. The molecule has 0 atom stereocenters. The molecular weight excluding hydrogens is 361 g/mol. The number of pyridine rings is 1. The molecule has 0 aliphatic heterocycles. The Morgan fingerprint density at radius 3 is 2.64 bits per heavy atom. The van der Waals surface area contributed by atoms with Gasteiger partial charge in [0.2, 0.25) is 5.82 Å². The third-order valence-electron chi connectivity index (χ3n) is 3.47. The molecule has 0 fully saturated rings. The molecule has 0 bridgehead atoms. The lowest BCUT2D eigenvalue weighted by molar-refractivity contribution is 0.432. The van der Waals surface area contributed by atoms with E-state index in [9.17, 15) is 4.39 Å². The zero-order chi connectivity index (χ0) is 17.6. The first-order valence-corrected chi connectivity index (χ1v) is 9.07. The number of halogens is 1. The lowest BCUT2D eigenvalue weighted by Crippen LogP contribution is -1.96. The smallest absolute Gasteiger partial charge is 0.287 e. The molecule has 0 radical (unpaired) electrons. The Bertz CT molecular complexity index is 1070. The molecule has 0 aliphatic carbocycles. The van der Waals surface area contributed by atoms with Crippen LogP contribution >= 0.6 is 22.7 Å². The number of hydrogen-bond donors (Lipinski definition) is 0. The van der Waals surface area contributed by atoms with Crippen molar-refractivity contribution in [2.24, 2.45) is 0 Å². The normalized spacial score (nSPS) is 11.2. The van der Waals surface area contributed by atoms with Crippen molar-refractivity contribution in [3.05, 3.63) is 39.9 Å². The van der Waals surface area contributed by atoms with Crippen LogP contribution in [0.2, 0.25) is 0 Å². The van der Waals surface area contributed by atoms with Crippen molar-refractivity contribution < 1.29 is 8.91 Å². The maximum atomic E-state index is 14.5. The van der Waals surface area contributed by atoms with Crippen LogP contribution in [0.4, 0.5) is 4.39 Å². The second kappa shape index (κ2) is 6.08. The molecule has 126 valence electrons. The third kappa shape index (κ3) is 2.96. The summed E-state index contributed by atoms with van der Waals surface area (Å²) >= 11 is 2.85. The summed E-state index contributed by atoms with van der Waals surface area (Å²) in [6.45, 7) is 5.38. The Balaban J connectivity index is 1.78. The molecule has 4 rings (SSSR count). The Morgan fingerprint density at radius 1 is 1.12 bits per heavy atom. The molecule has 9 heteroatoms. The molecule has 0 N–H and O–H groups in total. The number of thiazole rings is 2. The summed E-state index contributed by atoms with van der Waals surface area (Å²) in [6.07, 6.45) is 1.65. The van der Waals surface area contributed by atoms with Gasteiger partial charge in [0, 0.05) is 22.8 Å². The van der Waals surface area contributed by atoms with Gasteiger partial charge in [-0.15, -0.1) is 22.7 Å². The molecule has 4 aromatic rings. The average molecular weight is 373 g/mol. The van der Waals surface area contributed by atoms with Crippen molar-refractivity contribution in [1.82, 2.24) is 25.1 Å². The van der Waals surface area contributed by atoms with Gasteiger partial charge in [-0.3, -0.25) is 0 Å². The highest BCUT2D eigenvalue weighted by Crippen LogP contribution is 2.32. The Hall–Kier alpha value is -2.52. The number of nitrogens with zero attached hydrogens (tertiary/aromatic N) is 5. The molecule has 4 aromatic heterocycles. The highest BCUT2D eigenvalue weighted by Gasteiger charge is 2.19. The monoisotopic (exact) mass is 373 g/mol. The van der Waals surface area contributed by atoms with Crippen molar-refractivity contribution >= 4 is 22.7 Å². The van der Waals surface area contributed by atoms with Gasteiger partial charge >= 0.3 is 0 Å². The summed E-state index contributed by atoms with van der Waals surface area (Å²) in [6, 6.07) is 1.62. The summed E-state index contributed by atoms with van der Waals surface area (Å²) in [4.78, 5) is 17.9. The molecule has 4 heterocycles. The first kappa shape index (κ1) is 16.0. The summed E-state index contributed by atoms with van der Waals surface area (Å²) < 4.78 is 19.8. The van der Waals surface area contributed by atoms with Crippen LogP contribution in [0, 0.1) is 26.6 Å². The van der Waals surface area contributed by atoms with Crippen molar-refractivity contribution in [3.8, 4) is 32.9 Å². The second-order valence-electron chi connectivity index (χ2n) is 5.42. The van der Waals surface area contributed by atoms with Gasteiger partial charge in [0.15, 0.2) is 10.8 Å². The summed E-state index contributed by atoms with van der Waals surface area (Å²) in [5.41, 5.74) is 2.04. The predicted octanol–water partition coefficient (Wildman–Crippen LogP) is 4.44. The summed E-state index contributed by atoms with van der Waals surface area (Å²) in [7, 11) is 0. The molecule has 0 spiro atoms. The van der Waals surface area contributed by atoms with E-state index in [2.05, 4.69) is 25.1 Å². The van der Waals surface area contributed by atoms with Crippen molar-refractivity contribution in [1.29, 1.82) is 0 Å². The van der Waals surface area contributed by atoms with E-state index in [1.165, 1.54) is 22.7 Å². The van der Waals surface area contributed by atoms with Crippen LogP contribution < -0.4 is 0 Å². The Labute approximate surface area is 150 Å². The van der Waals surface area contributed by atoms with Gasteiger partial charge in [0.05, 0.1) is 15.6 Å². The molecule has 0 aliphatic rings. The van der Waals surface area contributed by atoms with E-state index in [-0.39, 0.29) is 11.5 Å². The van der Waals surface area contributed by atoms with Crippen molar-refractivity contribution in [2.45, 2.75) is 20.8 Å². The Morgan fingerprint density at radius 2 is 1.96 bits per heavy atom. The van der Waals surface area contributed by atoms with Crippen LogP contribution in [-0.4, -0.2) is 25.1 Å². The van der Waals surface area contributed by atoms with Gasteiger partial charge in [0.25, 0.3) is 5.89 Å². The lowest BCUT2D eigenvalue weighted by atomic mass is 10.1. The van der Waals surface area contributed by atoms with Gasteiger partial charge in [0.1, 0.15) is 5.69 Å². The number of aromatic nitrogens is 5. The van der Waals surface area contributed by atoms with Crippen LogP contribution in [0.15, 0.2) is 22.2 Å². The van der Waals surface area contributed by atoms with E-state index < -0.39 is 0 Å². The number of rotatable bonds is 3. The van der Waals surface area contributed by atoms with Gasteiger partial charge in [-0.25, -0.2) is 19.3 Å². The minimum absolute atomic E-state index is 0.273. The third-order valence-corrected chi connectivity index (χ3v) is 5.36. The minimum atomic E-state index is -0.369. The van der Waals surface area contributed by atoms with E-state index in [0.717, 1.165) is 15.6 Å². The van der Waals surface area contributed by atoms with E-state index in [0.29, 0.717) is 28.0 Å². The van der Waals surface area contributed by atoms with Gasteiger partial charge in [-0.1, -0.05) is 5.16 Å². The molecule has 0 unspecified atom stereocenters. The zero-order valence-electron chi connectivity index (χ0n) is 13.6. The Kier molecular flexibility index (Phi) is 3.89. The van der Waals surface area contributed by atoms with Crippen LogP contribution in [0.3, 0.4) is 0 Å². The zero-order valence-corrected chi connectivity index (χ0v) is 15.2. The standard InChI is InChI=1S/C16H12FN5OS2/c1-7-6-24-16(19-7)15-21-14(22-23-15)11-4-10(13(17)8(2)20-11)12-5-18-9(3)25-12/h4-6H,1-3H3. The fraction of sp³-hybridized carbons (Fsp3) is 0.188. The maximum absolute atomic E-state index is 14.5. The topological polar surface area (TPSA) is 77.6 Å². The van der Waals surface area contributed by atoms with Crippen LogP contribution in [0.1, 0.15) is 16.4 Å². The second-order valence-corrected chi connectivity index (χ2v) is 7.51. The van der Waals surface area contributed by atoms with Gasteiger partial charge < -0.3 is 4.52 Å². The van der Waals surface area contributed by atoms with Crippen molar-refractivity contribution in [3.63, 3.8) is 0 Å². The lowest BCUT2D eigenvalue weighted by Gasteiger charge is -2.05. The number of aryl methyl sites for hydroxylation is 3. The molecule has 25 heavy (non-hydrogen) atoms. The van der Waals surface area contributed by atoms with E-state index in [1.54, 1.807) is 19.2 Å². The predicted molar refractivity (Wildman–Crippen MR) is 93.9 cm³/mol. The highest BCUT2D eigenvalue weighted by atomic mass is 32.1. The summed E-state index contributed by atoms with van der Waals surface area (Å²) in [5.74, 6) is 0.257. The fourth-order valence-corrected chi connectivity index (χ4v) is 3.81. The van der Waals surface area contributed by atoms with E-state index >= 15 is 0 Å². The average Bonchev–Trinajstić information content (AvgIpc) is 3.30. The number of hydrogen-bond acceptors (Lipinski definition) is 8. The van der Waals surface area contributed by atoms with Crippen molar-refractivity contribution in [2.75, 3.05) is 0 Å². The first-order chi connectivity index (χ1) is 12.0. The molecule has 0 amide bonds. The van der Waals surface area contributed by atoms with Crippen LogP contribution in [0.5, 0.6) is 0 Å². The molecule has 0 saturated heterocycles. The van der Waals surface area contributed by atoms with Gasteiger partial charge in [-0.05, 0) is 26.8 Å². The molecule has 0 aromatic carbocycles. The van der Waals surface area contributed by atoms with E-state index in [4.69, 9.17) is 4.52 Å². The largest absolute Gasteiger partial charge is 0.331 e. The summed E-state index contributed by atoms with van der Waals surface area (Å²) in [5, 5.41) is 7.39. The maximum Gasteiger partial charge on any atom is 0.287 e.